The Labute approximate surface area is 268 Å². The van der Waals surface area contributed by atoms with E-state index >= 15 is 0 Å². The van der Waals surface area contributed by atoms with Gasteiger partial charge in [0.05, 0.1) is 45.6 Å². The van der Waals surface area contributed by atoms with Crippen LogP contribution in [0, 0.1) is 0 Å². The van der Waals surface area contributed by atoms with E-state index in [0.29, 0.717) is 31.9 Å². The van der Waals surface area contributed by atoms with E-state index in [1.54, 1.807) is 30.3 Å². The molecule has 4 N–H and O–H groups in total. The fraction of sp³-hybridized carbons (Fsp3) is 0.621. The van der Waals surface area contributed by atoms with Gasteiger partial charge in [0.25, 0.3) is 0 Å². The minimum absolute atomic E-state index is 0.0482. The second-order valence-corrected chi connectivity index (χ2v) is 11.1. The molecule has 1 aromatic carbocycles. The topological polar surface area (TPSA) is 177 Å². The van der Waals surface area contributed by atoms with Gasteiger partial charge >= 0.3 is 13.2 Å². The third kappa shape index (κ3) is 12.8. The van der Waals surface area contributed by atoms with Crippen molar-refractivity contribution in [3.05, 3.63) is 35.9 Å². The van der Waals surface area contributed by atoms with E-state index in [-0.39, 0.29) is 19.6 Å². The van der Waals surface area contributed by atoms with Crippen molar-refractivity contribution in [1.82, 2.24) is 26.2 Å². The highest BCUT2D eigenvalue weighted by molar-refractivity contribution is 5.98. The van der Waals surface area contributed by atoms with Crippen molar-refractivity contribution in [3.8, 4) is 0 Å². The number of nitrogens with one attached hydrogen (secondary N) is 4. The first-order chi connectivity index (χ1) is 22.3. The molecule has 2 aliphatic heterocycles. The Morgan fingerprint density at radius 1 is 0.830 bits per heavy atom. The highest BCUT2D eigenvalue weighted by Gasteiger charge is 2.49. The van der Waals surface area contributed by atoms with Crippen LogP contribution >= 0.6 is 0 Å². The molecule has 14 nitrogen and oxygen atoms in total. The number of epoxide rings is 1. The van der Waals surface area contributed by atoms with Crippen molar-refractivity contribution in [2.24, 2.45) is 0 Å². The molecule has 0 aliphatic carbocycles. The summed E-state index contributed by atoms with van der Waals surface area (Å²) in [6.07, 6.45) is -0.0482. The van der Waals surface area contributed by atoms with Gasteiger partial charge in [0, 0.05) is 19.5 Å². The lowest BCUT2D eigenvalue weighted by Crippen LogP contribution is -2.60. The second kappa shape index (κ2) is 18.0. The van der Waals surface area contributed by atoms with Gasteiger partial charge in [-0.05, 0) is 19.4 Å². The van der Waals surface area contributed by atoms with Gasteiger partial charge in [0.15, 0.2) is 5.78 Å². The molecule has 2 saturated heterocycles. The van der Waals surface area contributed by atoms with Crippen LogP contribution in [-0.2, 0) is 49.3 Å². The lowest BCUT2D eigenvalue weighted by atomic mass is 10.0. The molecule has 2 fully saturated rings. The monoisotopic (exact) mass is 677 g/mol. The van der Waals surface area contributed by atoms with Crippen LogP contribution in [0.15, 0.2) is 30.3 Å². The summed E-state index contributed by atoms with van der Waals surface area (Å²) < 4.78 is 70.5. The zero-order chi connectivity index (χ0) is 34.6. The fourth-order valence-electron chi connectivity index (χ4n) is 4.60. The van der Waals surface area contributed by atoms with Crippen LogP contribution in [0.5, 0.6) is 0 Å². The van der Waals surface area contributed by atoms with Crippen LogP contribution in [0.4, 0.5) is 17.6 Å². The number of carbonyl (C=O) groups excluding carboxylic acids is 5. The summed E-state index contributed by atoms with van der Waals surface area (Å²) in [5.74, 6) is -4.37. The predicted octanol–water partition coefficient (Wildman–Crippen LogP) is -0.643. The van der Waals surface area contributed by atoms with Gasteiger partial charge in [-0.25, -0.2) is 0 Å². The van der Waals surface area contributed by atoms with E-state index in [9.17, 15) is 41.5 Å². The zero-order valence-corrected chi connectivity index (χ0v) is 25.8. The standard InChI is InChI=1S/C29H39F4N5O9/c1-17(23(40)29(2)16-47-29)34-25(42)20(14-45-27(30)31)37-26(43)21(15-46-28(32)33)36-24(41)19(12-18-6-4-3-5-7-18)35-22(39)13-38-8-10-44-11-9-38/h3-7,17,19-21,27-28H,8-16H2,1-2H3,(H,34,42)(H,35,39)(H,36,41)(H,37,43)/t17?,19-,20-,21?,29?/m0/s1. The smallest absolute Gasteiger partial charge is 0.345 e. The van der Waals surface area contributed by atoms with Gasteiger partial charge in [-0.2, -0.15) is 17.6 Å². The molecule has 3 unspecified atom stereocenters. The van der Waals surface area contributed by atoms with E-state index in [0.717, 1.165) is 0 Å². The Bertz CT molecular complexity index is 1220. The fourth-order valence-corrected chi connectivity index (χ4v) is 4.60. The van der Waals surface area contributed by atoms with Gasteiger partial charge in [0.2, 0.25) is 23.6 Å². The van der Waals surface area contributed by atoms with Crippen molar-refractivity contribution in [1.29, 1.82) is 0 Å². The number of Topliss-reactive ketones (excluding diaryl/α,β-unsaturated/α-hetero) is 1. The number of hydrogen-bond acceptors (Lipinski definition) is 10. The average Bonchev–Trinajstić information content (AvgIpc) is 3.79. The van der Waals surface area contributed by atoms with Gasteiger partial charge in [-0.15, -0.1) is 0 Å². The first kappa shape index (κ1) is 37.7. The number of carbonyl (C=O) groups is 5. The van der Waals surface area contributed by atoms with Gasteiger partial charge < -0.3 is 40.2 Å². The number of hydrogen-bond donors (Lipinski definition) is 4. The molecule has 3 rings (SSSR count). The van der Waals surface area contributed by atoms with E-state index in [1.807, 2.05) is 4.90 Å². The maximum Gasteiger partial charge on any atom is 0.345 e. The molecule has 47 heavy (non-hydrogen) atoms. The number of rotatable bonds is 19. The predicted molar refractivity (Wildman–Crippen MR) is 154 cm³/mol. The molecule has 2 heterocycles. The molecule has 5 atom stereocenters. The number of nitrogens with zero attached hydrogens (tertiary/aromatic N) is 1. The van der Waals surface area contributed by atoms with Crippen molar-refractivity contribution in [3.63, 3.8) is 0 Å². The molecule has 0 aromatic heterocycles. The quantitative estimate of drug-likeness (QED) is 0.109. The van der Waals surface area contributed by atoms with Crippen molar-refractivity contribution >= 4 is 29.4 Å². The Hall–Kier alpha value is -3.71. The maximum atomic E-state index is 13.5. The minimum Gasteiger partial charge on any atom is -0.379 e. The lowest BCUT2D eigenvalue weighted by molar-refractivity contribution is -0.153. The molecule has 0 spiro atoms. The second-order valence-electron chi connectivity index (χ2n) is 11.1. The van der Waals surface area contributed by atoms with Crippen LogP contribution in [0.2, 0.25) is 0 Å². The van der Waals surface area contributed by atoms with Crippen LogP contribution in [0.3, 0.4) is 0 Å². The molecular formula is C29H39F4N5O9. The molecule has 262 valence electrons. The van der Waals surface area contributed by atoms with Crippen molar-refractivity contribution in [2.45, 2.75) is 63.3 Å². The van der Waals surface area contributed by atoms with E-state index in [4.69, 9.17) is 9.47 Å². The Kier molecular flexibility index (Phi) is 14.5. The summed E-state index contributed by atoms with van der Waals surface area (Å²) in [6.45, 7) is -4.20. The summed E-state index contributed by atoms with van der Waals surface area (Å²) in [4.78, 5) is 66.8. The van der Waals surface area contributed by atoms with Gasteiger partial charge in [-0.1, -0.05) is 30.3 Å². The summed E-state index contributed by atoms with van der Waals surface area (Å²) in [7, 11) is 0. The molecule has 0 saturated carbocycles. The molecule has 2 aliphatic rings. The summed E-state index contributed by atoms with van der Waals surface area (Å²) in [5.41, 5.74) is -0.500. The first-order valence-electron chi connectivity index (χ1n) is 14.8. The number of alkyl halides is 4. The number of amides is 4. The van der Waals surface area contributed by atoms with Crippen molar-refractivity contribution in [2.75, 3.05) is 52.7 Å². The maximum absolute atomic E-state index is 13.5. The normalized spacial score (nSPS) is 20.5. The molecular weight excluding hydrogens is 638 g/mol. The van der Waals surface area contributed by atoms with E-state index in [2.05, 4.69) is 30.7 Å². The Morgan fingerprint density at radius 2 is 1.34 bits per heavy atom. The summed E-state index contributed by atoms with van der Waals surface area (Å²) >= 11 is 0. The van der Waals surface area contributed by atoms with Crippen LogP contribution in [0.25, 0.3) is 0 Å². The molecule has 1 aromatic rings. The number of benzene rings is 1. The zero-order valence-electron chi connectivity index (χ0n) is 25.8. The van der Waals surface area contributed by atoms with Gasteiger partial charge in [-0.3, -0.25) is 28.9 Å². The van der Waals surface area contributed by atoms with E-state index < -0.39 is 85.6 Å². The molecule has 4 amide bonds. The molecule has 18 heteroatoms. The summed E-state index contributed by atoms with van der Waals surface area (Å²) in [6, 6.07) is 2.34. The Morgan fingerprint density at radius 3 is 1.85 bits per heavy atom. The first-order valence-corrected chi connectivity index (χ1v) is 14.8. The van der Waals surface area contributed by atoms with Crippen molar-refractivity contribution < 1.29 is 60.5 Å². The summed E-state index contributed by atoms with van der Waals surface area (Å²) in [5, 5.41) is 9.21. The highest BCUT2D eigenvalue weighted by atomic mass is 19.3. The number of morpholine rings is 1. The minimum atomic E-state index is -3.37. The van der Waals surface area contributed by atoms with E-state index in [1.165, 1.54) is 13.8 Å². The number of ether oxygens (including phenoxy) is 4. The highest BCUT2D eigenvalue weighted by Crippen LogP contribution is 2.28. The largest absolute Gasteiger partial charge is 0.379 e. The van der Waals surface area contributed by atoms with Crippen LogP contribution in [0.1, 0.15) is 19.4 Å². The lowest BCUT2D eigenvalue weighted by Gasteiger charge is -2.28. The van der Waals surface area contributed by atoms with Crippen LogP contribution < -0.4 is 21.3 Å². The number of ketones is 1. The number of halogens is 4. The SMILES string of the molecule is CC(NC(=O)[C@H](COC(F)F)NC(=O)C(COC(F)F)NC(=O)[C@H](Cc1ccccc1)NC(=O)CN1CCOCC1)C(=O)C1(C)CO1. The Balaban J connectivity index is 1.74. The third-order valence-electron chi connectivity index (χ3n) is 7.30. The molecule has 0 bridgehead atoms. The average molecular weight is 678 g/mol. The molecule has 0 radical (unpaired) electrons. The third-order valence-corrected chi connectivity index (χ3v) is 7.30. The van der Waals surface area contributed by atoms with Crippen LogP contribution in [-0.4, -0.2) is 130 Å². The van der Waals surface area contributed by atoms with Gasteiger partial charge in [0.1, 0.15) is 23.7 Å².